The van der Waals surface area contributed by atoms with Gasteiger partial charge in [0.15, 0.2) is 0 Å². The van der Waals surface area contributed by atoms with Crippen LogP contribution in [0.15, 0.2) is 24.3 Å². The average Bonchev–Trinajstić information content (AvgIpc) is 2.41. The van der Waals surface area contributed by atoms with Gasteiger partial charge in [-0.2, -0.15) is 0 Å². The van der Waals surface area contributed by atoms with Crippen LogP contribution < -0.4 is 10.1 Å². The lowest BCUT2D eigenvalue weighted by atomic mass is 10.2. The van der Waals surface area contributed by atoms with Crippen LogP contribution in [-0.2, 0) is 11.3 Å². The van der Waals surface area contributed by atoms with Gasteiger partial charge >= 0.3 is 0 Å². The summed E-state index contributed by atoms with van der Waals surface area (Å²) >= 11 is 0. The fraction of sp³-hybridized carbons (Fsp3) is 0.533. The molecule has 0 aromatic heterocycles. The van der Waals surface area contributed by atoms with Crippen LogP contribution in [0.3, 0.4) is 0 Å². The molecule has 0 saturated heterocycles. The second-order valence-corrected chi connectivity index (χ2v) is 4.71. The van der Waals surface area contributed by atoms with Crippen molar-refractivity contribution in [3.05, 3.63) is 29.8 Å². The van der Waals surface area contributed by atoms with Gasteiger partial charge in [-0.1, -0.05) is 19.1 Å². The summed E-state index contributed by atoms with van der Waals surface area (Å²) in [5.74, 6) is 1.05. The van der Waals surface area contributed by atoms with Crippen molar-refractivity contribution in [3.63, 3.8) is 0 Å². The highest BCUT2D eigenvalue weighted by Crippen LogP contribution is 2.13. The number of carbonyl (C=O) groups is 1. The number of carbonyl (C=O) groups excluding carboxylic acids is 1. The van der Waals surface area contributed by atoms with Gasteiger partial charge in [0, 0.05) is 33.6 Å². The molecular formula is C15H24N2O2. The number of benzene rings is 1. The minimum atomic E-state index is 0.146. The van der Waals surface area contributed by atoms with Gasteiger partial charge in [-0.25, -0.2) is 0 Å². The maximum absolute atomic E-state index is 11.4. The van der Waals surface area contributed by atoms with Gasteiger partial charge in [0.2, 0.25) is 5.91 Å². The van der Waals surface area contributed by atoms with Crippen LogP contribution >= 0.6 is 0 Å². The molecule has 0 aliphatic rings. The largest absolute Gasteiger partial charge is 0.494 e. The summed E-state index contributed by atoms with van der Waals surface area (Å²) < 4.78 is 5.58. The summed E-state index contributed by atoms with van der Waals surface area (Å²) in [5, 5.41) is 3.27. The van der Waals surface area contributed by atoms with Crippen molar-refractivity contribution < 1.29 is 9.53 Å². The van der Waals surface area contributed by atoms with Crippen LogP contribution in [0.25, 0.3) is 0 Å². The van der Waals surface area contributed by atoms with Crippen molar-refractivity contribution in [1.82, 2.24) is 10.2 Å². The molecule has 0 spiro atoms. The van der Waals surface area contributed by atoms with Crippen LogP contribution in [0.2, 0.25) is 0 Å². The van der Waals surface area contributed by atoms with E-state index < -0.39 is 0 Å². The zero-order chi connectivity index (χ0) is 14.1. The summed E-state index contributed by atoms with van der Waals surface area (Å²) in [6.45, 7) is 4.28. The summed E-state index contributed by atoms with van der Waals surface area (Å²) in [4.78, 5) is 13.0. The lowest BCUT2D eigenvalue weighted by Crippen LogP contribution is -2.26. The third kappa shape index (κ3) is 6.25. The second kappa shape index (κ2) is 8.53. The minimum absolute atomic E-state index is 0.146. The molecule has 0 radical (unpaired) electrons. The highest BCUT2D eigenvalue weighted by Gasteiger charge is 2.02. The predicted octanol–water partition coefficient (Wildman–Crippen LogP) is 2.04. The maximum Gasteiger partial charge on any atom is 0.223 e. The Bertz CT molecular complexity index is 391. The first kappa shape index (κ1) is 15.5. The Kier molecular flexibility index (Phi) is 6.97. The fourth-order valence-electron chi connectivity index (χ4n) is 1.62. The summed E-state index contributed by atoms with van der Waals surface area (Å²) in [6.07, 6.45) is 1.54. The molecule has 0 fully saturated rings. The molecule has 4 nitrogen and oxygen atoms in total. The average molecular weight is 264 g/mol. The van der Waals surface area contributed by atoms with E-state index in [1.807, 2.05) is 18.2 Å². The van der Waals surface area contributed by atoms with E-state index in [0.29, 0.717) is 13.0 Å². The second-order valence-electron chi connectivity index (χ2n) is 4.71. The van der Waals surface area contributed by atoms with E-state index in [-0.39, 0.29) is 5.91 Å². The van der Waals surface area contributed by atoms with Gasteiger partial charge in [-0.15, -0.1) is 0 Å². The molecule has 1 aromatic carbocycles. The van der Waals surface area contributed by atoms with Gasteiger partial charge in [0.1, 0.15) is 5.75 Å². The predicted molar refractivity (Wildman–Crippen MR) is 77.2 cm³/mol. The van der Waals surface area contributed by atoms with Gasteiger partial charge in [-0.3, -0.25) is 4.79 Å². The van der Waals surface area contributed by atoms with E-state index in [1.54, 1.807) is 19.0 Å². The SMILES string of the molecule is CCCOc1cccc(CNCCC(=O)N(C)C)c1. The first-order valence-corrected chi connectivity index (χ1v) is 6.76. The van der Waals surface area contributed by atoms with Crippen LogP contribution in [0, 0.1) is 0 Å². The smallest absolute Gasteiger partial charge is 0.223 e. The molecule has 0 saturated carbocycles. The first-order valence-electron chi connectivity index (χ1n) is 6.76. The highest BCUT2D eigenvalue weighted by atomic mass is 16.5. The Morgan fingerprint density at radius 2 is 2.16 bits per heavy atom. The molecule has 0 unspecified atom stereocenters. The Balaban J connectivity index is 2.31. The lowest BCUT2D eigenvalue weighted by Gasteiger charge is -2.11. The standard InChI is InChI=1S/C15H24N2O2/c1-4-10-19-14-7-5-6-13(11-14)12-16-9-8-15(18)17(2)3/h5-7,11,16H,4,8-10,12H2,1-3H3. The van der Waals surface area contributed by atoms with E-state index in [2.05, 4.69) is 18.3 Å². The van der Waals surface area contributed by atoms with Crippen molar-refractivity contribution in [2.45, 2.75) is 26.3 Å². The Morgan fingerprint density at radius 3 is 2.84 bits per heavy atom. The normalized spacial score (nSPS) is 10.3. The molecule has 0 aliphatic heterocycles. The molecule has 0 heterocycles. The van der Waals surface area contributed by atoms with Crippen molar-refractivity contribution in [2.24, 2.45) is 0 Å². The molecule has 0 bridgehead atoms. The maximum atomic E-state index is 11.4. The highest BCUT2D eigenvalue weighted by molar-refractivity contribution is 5.75. The monoisotopic (exact) mass is 264 g/mol. The number of amides is 1. The van der Waals surface area contributed by atoms with Gasteiger partial charge in [0.05, 0.1) is 6.61 Å². The molecule has 0 aliphatic carbocycles. The molecule has 19 heavy (non-hydrogen) atoms. The van der Waals surface area contributed by atoms with E-state index >= 15 is 0 Å². The number of hydrogen-bond donors (Lipinski definition) is 1. The summed E-state index contributed by atoms with van der Waals surface area (Å²) in [5.41, 5.74) is 1.17. The Morgan fingerprint density at radius 1 is 1.37 bits per heavy atom. The molecule has 1 rings (SSSR count). The quantitative estimate of drug-likeness (QED) is 0.731. The summed E-state index contributed by atoms with van der Waals surface area (Å²) in [7, 11) is 3.55. The molecule has 4 heteroatoms. The van der Waals surface area contributed by atoms with E-state index in [0.717, 1.165) is 25.3 Å². The fourth-order valence-corrected chi connectivity index (χ4v) is 1.62. The van der Waals surface area contributed by atoms with Crippen LogP contribution in [-0.4, -0.2) is 38.1 Å². The first-order chi connectivity index (χ1) is 9.13. The lowest BCUT2D eigenvalue weighted by molar-refractivity contribution is -0.128. The Hall–Kier alpha value is -1.55. The molecule has 1 aromatic rings. The van der Waals surface area contributed by atoms with Crippen molar-refractivity contribution in [1.29, 1.82) is 0 Å². The van der Waals surface area contributed by atoms with Gasteiger partial charge in [-0.05, 0) is 24.1 Å². The number of nitrogens with one attached hydrogen (secondary N) is 1. The summed E-state index contributed by atoms with van der Waals surface area (Å²) in [6, 6.07) is 8.05. The number of nitrogens with zero attached hydrogens (tertiary/aromatic N) is 1. The number of hydrogen-bond acceptors (Lipinski definition) is 3. The zero-order valence-corrected chi connectivity index (χ0v) is 12.1. The minimum Gasteiger partial charge on any atom is -0.494 e. The molecular weight excluding hydrogens is 240 g/mol. The van der Waals surface area contributed by atoms with Crippen LogP contribution in [0.5, 0.6) is 5.75 Å². The third-order valence-electron chi connectivity index (χ3n) is 2.71. The van der Waals surface area contributed by atoms with E-state index in [9.17, 15) is 4.79 Å². The van der Waals surface area contributed by atoms with Crippen molar-refractivity contribution in [2.75, 3.05) is 27.2 Å². The topological polar surface area (TPSA) is 41.6 Å². The van der Waals surface area contributed by atoms with Gasteiger partial charge < -0.3 is 15.0 Å². The zero-order valence-electron chi connectivity index (χ0n) is 12.1. The third-order valence-corrected chi connectivity index (χ3v) is 2.71. The van der Waals surface area contributed by atoms with Crippen LogP contribution in [0.4, 0.5) is 0 Å². The number of rotatable bonds is 8. The molecule has 1 amide bonds. The van der Waals surface area contributed by atoms with Crippen LogP contribution in [0.1, 0.15) is 25.3 Å². The van der Waals surface area contributed by atoms with E-state index in [1.165, 1.54) is 5.56 Å². The molecule has 106 valence electrons. The molecule has 1 N–H and O–H groups in total. The Labute approximate surface area is 115 Å². The van der Waals surface area contributed by atoms with Crippen molar-refractivity contribution >= 4 is 5.91 Å². The molecule has 0 atom stereocenters. The van der Waals surface area contributed by atoms with Crippen molar-refractivity contribution in [3.8, 4) is 5.75 Å². The van der Waals surface area contributed by atoms with Gasteiger partial charge in [0.25, 0.3) is 0 Å². The number of ether oxygens (including phenoxy) is 1. The van der Waals surface area contributed by atoms with E-state index in [4.69, 9.17) is 4.74 Å².